The van der Waals surface area contributed by atoms with Gasteiger partial charge < -0.3 is 5.32 Å². The van der Waals surface area contributed by atoms with Crippen LogP contribution in [0.15, 0.2) is 0 Å². The van der Waals surface area contributed by atoms with Crippen LogP contribution in [0, 0.1) is 29.1 Å². The summed E-state index contributed by atoms with van der Waals surface area (Å²) >= 11 is 0. The quantitative estimate of drug-likeness (QED) is 0.766. The fraction of sp³-hybridized carbons (Fsp3) is 1.00. The molecule has 1 heteroatoms. The summed E-state index contributed by atoms with van der Waals surface area (Å²) in [5.41, 5.74) is 0.798. The maximum absolute atomic E-state index is 3.35. The van der Waals surface area contributed by atoms with Gasteiger partial charge >= 0.3 is 0 Å². The van der Waals surface area contributed by atoms with Crippen LogP contribution in [0.4, 0.5) is 0 Å². The minimum Gasteiger partial charge on any atom is -0.320 e. The predicted molar refractivity (Wildman–Crippen MR) is 68.3 cm³/mol. The fourth-order valence-electron chi connectivity index (χ4n) is 5.51. The molecule has 1 nitrogen and oxygen atoms in total. The Balaban J connectivity index is 1.74. The van der Waals surface area contributed by atoms with Crippen LogP contribution in [0.2, 0.25) is 0 Å². The molecule has 0 heterocycles. The first-order chi connectivity index (χ1) is 7.76. The van der Waals surface area contributed by atoms with Crippen molar-refractivity contribution in [1.29, 1.82) is 0 Å². The Bertz CT molecular complexity index is 244. The molecule has 4 bridgehead atoms. The van der Waals surface area contributed by atoms with E-state index in [4.69, 9.17) is 0 Å². The Kier molecular flexibility index (Phi) is 2.78. The van der Waals surface area contributed by atoms with Gasteiger partial charge in [0.15, 0.2) is 0 Å². The third kappa shape index (κ3) is 1.63. The lowest BCUT2D eigenvalue weighted by molar-refractivity contribution is -0.0984. The lowest BCUT2D eigenvalue weighted by Gasteiger charge is -2.60. The van der Waals surface area contributed by atoms with Crippen molar-refractivity contribution in [1.82, 2.24) is 5.32 Å². The predicted octanol–water partition coefficient (Wildman–Crippen LogP) is 3.45. The maximum Gasteiger partial charge on any atom is -0.00491 e. The van der Waals surface area contributed by atoms with Crippen LogP contribution in [0.5, 0.6) is 0 Å². The summed E-state index contributed by atoms with van der Waals surface area (Å²) in [5.74, 6) is 4.38. The minimum atomic E-state index is 0.798. The van der Waals surface area contributed by atoms with Crippen LogP contribution in [0.1, 0.15) is 51.9 Å². The van der Waals surface area contributed by atoms with Crippen LogP contribution in [-0.4, -0.2) is 13.6 Å². The van der Waals surface area contributed by atoms with E-state index in [0.29, 0.717) is 0 Å². The molecule has 16 heavy (non-hydrogen) atoms. The van der Waals surface area contributed by atoms with Crippen molar-refractivity contribution in [2.24, 2.45) is 29.1 Å². The zero-order chi connectivity index (χ0) is 11.2. The lowest BCUT2D eigenvalue weighted by atomic mass is 9.45. The second kappa shape index (κ2) is 4.01. The first kappa shape index (κ1) is 11.1. The molecule has 4 fully saturated rings. The highest BCUT2D eigenvalue weighted by molar-refractivity contribution is 5.04. The smallest absolute Gasteiger partial charge is 0.00491 e. The van der Waals surface area contributed by atoms with Gasteiger partial charge in [-0.15, -0.1) is 0 Å². The second-order valence-corrected chi connectivity index (χ2v) is 6.88. The van der Waals surface area contributed by atoms with E-state index in [1.807, 2.05) is 0 Å². The SMILES string of the molecule is CCC12CC3CC(C1)C(CCNC)C(C3)C2. The molecule has 0 aliphatic heterocycles. The van der Waals surface area contributed by atoms with Gasteiger partial charge in [-0.2, -0.15) is 0 Å². The molecule has 0 radical (unpaired) electrons. The zero-order valence-corrected chi connectivity index (χ0v) is 11.0. The molecular formula is C15H27N. The Morgan fingerprint density at radius 3 is 2.38 bits per heavy atom. The highest BCUT2D eigenvalue weighted by atomic mass is 14.8. The Labute approximate surface area is 100 Å². The monoisotopic (exact) mass is 221 g/mol. The van der Waals surface area contributed by atoms with E-state index in [9.17, 15) is 0 Å². The number of rotatable bonds is 4. The van der Waals surface area contributed by atoms with Crippen molar-refractivity contribution in [3.8, 4) is 0 Å². The number of hydrogen-bond acceptors (Lipinski definition) is 1. The van der Waals surface area contributed by atoms with Crippen LogP contribution in [-0.2, 0) is 0 Å². The molecule has 2 atom stereocenters. The van der Waals surface area contributed by atoms with E-state index in [-0.39, 0.29) is 0 Å². The van der Waals surface area contributed by atoms with Gasteiger partial charge in [0.25, 0.3) is 0 Å². The van der Waals surface area contributed by atoms with Crippen LogP contribution >= 0.6 is 0 Å². The molecular weight excluding hydrogens is 194 g/mol. The van der Waals surface area contributed by atoms with E-state index in [1.165, 1.54) is 19.4 Å². The minimum absolute atomic E-state index is 0.798. The molecule has 4 rings (SSSR count). The summed E-state index contributed by atoms with van der Waals surface area (Å²) in [7, 11) is 2.10. The van der Waals surface area contributed by atoms with Crippen molar-refractivity contribution in [2.45, 2.75) is 51.9 Å². The zero-order valence-electron chi connectivity index (χ0n) is 11.0. The van der Waals surface area contributed by atoms with Crippen LogP contribution in [0.3, 0.4) is 0 Å². The summed E-state index contributed by atoms with van der Waals surface area (Å²) in [4.78, 5) is 0. The van der Waals surface area contributed by atoms with Crippen LogP contribution in [0.25, 0.3) is 0 Å². The number of nitrogens with one attached hydrogen (secondary N) is 1. The average molecular weight is 221 g/mol. The molecule has 0 spiro atoms. The van der Waals surface area contributed by atoms with Gasteiger partial charge in [0.1, 0.15) is 0 Å². The largest absolute Gasteiger partial charge is 0.320 e. The third-order valence-corrected chi connectivity index (χ3v) is 6.07. The van der Waals surface area contributed by atoms with Gasteiger partial charge in [0.05, 0.1) is 0 Å². The van der Waals surface area contributed by atoms with Gasteiger partial charge in [-0.1, -0.05) is 13.3 Å². The van der Waals surface area contributed by atoms with Gasteiger partial charge in [-0.3, -0.25) is 0 Å². The maximum atomic E-state index is 3.35. The second-order valence-electron chi connectivity index (χ2n) is 6.88. The summed E-state index contributed by atoms with van der Waals surface area (Å²) in [6.07, 6.45) is 10.8. The Morgan fingerprint density at radius 1 is 1.12 bits per heavy atom. The molecule has 4 aliphatic carbocycles. The Hall–Kier alpha value is -0.0400. The summed E-state index contributed by atoms with van der Waals surface area (Å²) in [5, 5.41) is 3.35. The summed E-state index contributed by atoms with van der Waals surface area (Å²) in [6, 6.07) is 0. The highest BCUT2D eigenvalue weighted by Gasteiger charge is 2.53. The van der Waals surface area contributed by atoms with Crippen molar-refractivity contribution in [2.75, 3.05) is 13.6 Å². The van der Waals surface area contributed by atoms with Crippen molar-refractivity contribution >= 4 is 0 Å². The third-order valence-electron chi connectivity index (χ3n) is 6.07. The molecule has 92 valence electrons. The first-order valence-electron chi connectivity index (χ1n) is 7.41. The van der Waals surface area contributed by atoms with Crippen molar-refractivity contribution in [3.05, 3.63) is 0 Å². The van der Waals surface area contributed by atoms with E-state index < -0.39 is 0 Å². The van der Waals surface area contributed by atoms with Gasteiger partial charge in [0.2, 0.25) is 0 Å². The summed E-state index contributed by atoms with van der Waals surface area (Å²) < 4.78 is 0. The average Bonchev–Trinajstić information content (AvgIpc) is 2.27. The summed E-state index contributed by atoms with van der Waals surface area (Å²) in [6.45, 7) is 3.68. The molecule has 4 saturated carbocycles. The molecule has 0 aromatic rings. The molecule has 1 N–H and O–H groups in total. The number of hydrogen-bond donors (Lipinski definition) is 1. The topological polar surface area (TPSA) is 12.0 Å². The fourth-order valence-corrected chi connectivity index (χ4v) is 5.51. The highest BCUT2D eigenvalue weighted by Crippen LogP contribution is 2.63. The van der Waals surface area contributed by atoms with E-state index in [2.05, 4.69) is 19.3 Å². The molecule has 4 aliphatic rings. The van der Waals surface area contributed by atoms with E-state index in [1.54, 1.807) is 32.1 Å². The molecule has 2 unspecified atom stereocenters. The van der Waals surface area contributed by atoms with Gasteiger partial charge in [-0.05, 0) is 81.2 Å². The van der Waals surface area contributed by atoms with E-state index in [0.717, 1.165) is 29.1 Å². The normalized spacial score (nSPS) is 49.9. The van der Waals surface area contributed by atoms with Crippen LogP contribution < -0.4 is 5.32 Å². The Morgan fingerprint density at radius 2 is 1.81 bits per heavy atom. The molecule has 0 aromatic carbocycles. The molecule has 0 amide bonds. The van der Waals surface area contributed by atoms with Crippen molar-refractivity contribution < 1.29 is 0 Å². The molecule has 0 saturated heterocycles. The van der Waals surface area contributed by atoms with Crippen molar-refractivity contribution in [3.63, 3.8) is 0 Å². The lowest BCUT2D eigenvalue weighted by Crippen LogP contribution is -2.51. The van der Waals surface area contributed by atoms with E-state index >= 15 is 0 Å². The molecule has 0 aromatic heterocycles. The standard InChI is InChI=1S/C15H27N/c1-3-15-8-11-6-12(9-15)14(4-5-16-2)13(7-11)10-15/h11-14,16H,3-10H2,1-2H3. The van der Waals surface area contributed by atoms with Gasteiger partial charge in [0, 0.05) is 0 Å². The van der Waals surface area contributed by atoms with Gasteiger partial charge in [-0.25, -0.2) is 0 Å². The first-order valence-corrected chi connectivity index (χ1v) is 7.41.